The minimum Gasteiger partial charge on any atom is -0.297 e. The lowest BCUT2D eigenvalue weighted by Crippen LogP contribution is -2.46. The van der Waals surface area contributed by atoms with E-state index in [4.69, 9.17) is 12.2 Å². The number of hydrogen-bond donors (Lipinski definition) is 0. The average molecular weight is 367 g/mol. The Balaban J connectivity index is 1.53. The maximum atomic E-state index is 5.40. The van der Waals surface area contributed by atoms with E-state index >= 15 is 0 Å². The number of rotatable bonds is 5. The van der Waals surface area contributed by atoms with Crippen LogP contribution in [-0.4, -0.2) is 52.0 Å². The van der Waals surface area contributed by atoms with E-state index in [1.165, 1.54) is 11.1 Å². The van der Waals surface area contributed by atoms with Gasteiger partial charge < -0.3 is 0 Å². The van der Waals surface area contributed by atoms with Crippen molar-refractivity contribution in [2.45, 2.75) is 24.5 Å². The Morgan fingerprint density at radius 1 is 1.17 bits per heavy atom. The van der Waals surface area contributed by atoms with E-state index in [-0.39, 0.29) is 0 Å². The fraction of sp³-hybridized carbons (Fsp3) is 0.500. The van der Waals surface area contributed by atoms with Gasteiger partial charge >= 0.3 is 0 Å². The minimum atomic E-state index is 0.814. The van der Waals surface area contributed by atoms with Crippen molar-refractivity contribution in [1.29, 1.82) is 0 Å². The standard InChI is InChI=1S/C16H22N4S3/c1-13-5-3-4-6-14(13)11-18-7-9-19(10-8-18)12-20-16(21)23-15(17-20)22-2/h3-6H,7-12H2,1-2H3. The molecule has 2 aromatic rings. The molecule has 3 rings (SSSR count). The van der Waals surface area contributed by atoms with Crippen molar-refractivity contribution in [1.82, 2.24) is 19.6 Å². The summed E-state index contributed by atoms with van der Waals surface area (Å²) in [6.45, 7) is 8.39. The van der Waals surface area contributed by atoms with Crippen LogP contribution in [0.1, 0.15) is 11.1 Å². The highest BCUT2D eigenvalue weighted by molar-refractivity contribution is 8.00. The van der Waals surface area contributed by atoms with Crippen LogP contribution in [0.4, 0.5) is 0 Å². The molecule has 1 aliphatic heterocycles. The van der Waals surface area contributed by atoms with E-state index < -0.39 is 0 Å². The molecular formula is C16H22N4S3. The van der Waals surface area contributed by atoms with Crippen LogP contribution in [0.3, 0.4) is 0 Å². The van der Waals surface area contributed by atoms with Gasteiger partial charge in [0, 0.05) is 32.7 Å². The van der Waals surface area contributed by atoms with Crippen LogP contribution < -0.4 is 0 Å². The zero-order valence-electron chi connectivity index (χ0n) is 13.6. The maximum absolute atomic E-state index is 5.40. The predicted molar refractivity (Wildman–Crippen MR) is 101 cm³/mol. The van der Waals surface area contributed by atoms with Crippen LogP contribution in [0.25, 0.3) is 0 Å². The van der Waals surface area contributed by atoms with Gasteiger partial charge in [0.15, 0.2) is 8.29 Å². The molecule has 7 heteroatoms. The average Bonchev–Trinajstić information content (AvgIpc) is 2.91. The molecule has 0 unspecified atom stereocenters. The molecule has 0 aliphatic carbocycles. The van der Waals surface area contributed by atoms with Crippen LogP contribution in [0.5, 0.6) is 0 Å². The van der Waals surface area contributed by atoms with Crippen molar-refractivity contribution in [2.75, 3.05) is 32.4 Å². The summed E-state index contributed by atoms with van der Waals surface area (Å²) in [7, 11) is 0. The lowest BCUT2D eigenvalue weighted by atomic mass is 10.1. The summed E-state index contributed by atoms with van der Waals surface area (Å²) < 4.78 is 3.88. The van der Waals surface area contributed by atoms with Crippen LogP contribution in [0, 0.1) is 10.9 Å². The number of aromatic nitrogens is 2. The Bertz CT molecular complexity index is 701. The maximum Gasteiger partial charge on any atom is 0.181 e. The van der Waals surface area contributed by atoms with E-state index in [0.717, 1.165) is 47.7 Å². The normalized spacial score (nSPS) is 16.8. The molecule has 0 radical (unpaired) electrons. The molecule has 0 amide bonds. The third-order valence-corrected chi connectivity index (χ3v) is 6.50. The van der Waals surface area contributed by atoms with Gasteiger partial charge in [-0.3, -0.25) is 9.80 Å². The largest absolute Gasteiger partial charge is 0.297 e. The first kappa shape index (κ1) is 17.1. The van der Waals surface area contributed by atoms with Gasteiger partial charge in [0.25, 0.3) is 0 Å². The van der Waals surface area contributed by atoms with Gasteiger partial charge in [0.1, 0.15) is 0 Å². The number of piperazine rings is 1. The Morgan fingerprint density at radius 2 is 1.87 bits per heavy atom. The van der Waals surface area contributed by atoms with Crippen LogP contribution >= 0.6 is 35.3 Å². The Morgan fingerprint density at radius 3 is 2.52 bits per heavy atom. The SMILES string of the molecule is CSc1nn(CN2CCN(Cc3ccccc3C)CC2)c(=S)s1. The van der Waals surface area contributed by atoms with Crippen LogP contribution in [-0.2, 0) is 13.2 Å². The molecule has 124 valence electrons. The molecule has 0 bridgehead atoms. The summed E-state index contributed by atoms with van der Waals surface area (Å²) in [6, 6.07) is 8.67. The molecule has 4 nitrogen and oxygen atoms in total. The number of benzene rings is 1. The first-order valence-electron chi connectivity index (χ1n) is 7.77. The van der Waals surface area contributed by atoms with Gasteiger partial charge in [-0.15, -0.1) is 0 Å². The molecule has 23 heavy (non-hydrogen) atoms. The molecule has 1 aliphatic rings. The van der Waals surface area contributed by atoms with Crippen molar-refractivity contribution in [3.05, 3.63) is 39.3 Å². The first-order valence-corrected chi connectivity index (χ1v) is 10.2. The fourth-order valence-corrected chi connectivity index (χ4v) is 4.50. The van der Waals surface area contributed by atoms with Gasteiger partial charge in [-0.1, -0.05) is 47.4 Å². The van der Waals surface area contributed by atoms with Crippen molar-refractivity contribution >= 4 is 35.3 Å². The highest BCUT2D eigenvalue weighted by Gasteiger charge is 2.18. The summed E-state index contributed by atoms with van der Waals surface area (Å²) >= 11 is 8.66. The summed E-state index contributed by atoms with van der Waals surface area (Å²) in [5.41, 5.74) is 2.82. The highest BCUT2D eigenvalue weighted by atomic mass is 32.2. The summed E-state index contributed by atoms with van der Waals surface area (Å²) in [5, 5.41) is 4.56. The lowest BCUT2D eigenvalue weighted by molar-refractivity contribution is 0.0979. The second-order valence-electron chi connectivity index (χ2n) is 5.80. The summed E-state index contributed by atoms with van der Waals surface area (Å²) in [6.07, 6.45) is 2.04. The second-order valence-corrected chi connectivity index (χ2v) is 8.48. The molecule has 0 N–H and O–H groups in total. The topological polar surface area (TPSA) is 24.3 Å². The number of nitrogens with zero attached hydrogens (tertiary/aromatic N) is 4. The van der Waals surface area contributed by atoms with E-state index in [0.29, 0.717) is 0 Å². The Hall–Kier alpha value is -0.730. The molecular weight excluding hydrogens is 344 g/mol. The molecule has 0 atom stereocenters. The van der Waals surface area contributed by atoms with Gasteiger partial charge in [0.05, 0.1) is 6.67 Å². The van der Waals surface area contributed by atoms with Gasteiger partial charge in [-0.05, 0) is 36.5 Å². The van der Waals surface area contributed by atoms with Crippen molar-refractivity contribution < 1.29 is 0 Å². The zero-order chi connectivity index (χ0) is 16.2. The minimum absolute atomic E-state index is 0.814. The smallest absolute Gasteiger partial charge is 0.181 e. The Kier molecular flexibility index (Phi) is 5.87. The molecule has 0 saturated carbocycles. The quantitative estimate of drug-likeness (QED) is 0.596. The molecule has 1 aromatic heterocycles. The number of hydrogen-bond acceptors (Lipinski definition) is 6. The van der Waals surface area contributed by atoms with Crippen LogP contribution in [0.2, 0.25) is 0 Å². The molecule has 2 heterocycles. The lowest BCUT2D eigenvalue weighted by Gasteiger charge is -2.34. The van der Waals surface area contributed by atoms with Gasteiger partial charge in [-0.25, -0.2) is 4.68 Å². The third kappa shape index (κ3) is 4.42. The van der Waals surface area contributed by atoms with E-state index in [9.17, 15) is 0 Å². The highest BCUT2D eigenvalue weighted by Crippen LogP contribution is 2.19. The predicted octanol–water partition coefficient (Wildman–Crippen LogP) is 3.48. The fourth-order valence-electron chi connectivity index (χ4n) is 2.77. The second kappa shape index (κ2) is 7.90. The molecule has 1 fully saturated rings. The van der Waals surface area contributed by atoms with Crippen molar-refractivity contribution in [3.8, 4) is 0 Å². The third-order valence-electron chi connectivity index (χ3n) is 4.22. The van der Waals surface area contributed by atoms with E-state index in [2.05, 4.69) is 46.1 Å². The molecule has 1 aromatic carbocycles. The van der Waals surface area contributed by atoms with Crippen molar-refractivity contribution in [3.63, 3.8) is 0 Å². The monoisotopic (exact) mass is 366 g/mol. The van der Waals surface area contributed by atoms with Crippen LogP contribution in [0.15, 0.2) is 28.6 Å². The first-order chi connectivity index (χ1) is 11.2. The zero-order valence-corrected chi connectivity index (χ0v) is 16.0. The van der Waals surface area contributed by atoms with E-state index in [1.807, 2.05) is 10.9 Å². The van der Waals surface area contributed by atoms with Gasteiger partial charge in [-0.2, -0.15) is 5.10 Å². The number of aryl methyl sites for hydroxylation is 1. The molecule has 1 saturated heterocycles. The number of thioether (sulfide) groups is 1. The molecule has 0 spiro atoms. The van der Waals surface area contributed by atoms with Gasteiger partial charge in [0.2, 0.25) is 0 Å². The van der Waals surface area contributed by atoms with E-state index in [1.54, 1.807) is 23.1 Å². The summed E-state index contributed by atoms with van der Waals surface area (Å²) in [5.74, 6) is 0. The Labute approximate surface area is 151 Å². The van der Waals surface area contributed by atoms with Crippen molar-refractivity contribution in [2.24, 2.45) is 0 Å². The summed E-state index contributed by atoms with van der Waals surface area (Å²) in [4.78, 5) is 4.97.